The summed E-state index contributed by atoms with van der Waals surface area (Å²) in [5.74, 6) is 0. The summed E-state index contributed by atoms with van der Waals surface area (Å²) in [5.41, 5.74) is 0. The van der Waals surface area contributed by atoms with Crippen LogP contribution >= 0.6 is 0 Å². The van der Waals surface area contributed by atoms with Crippen LogP contribution in [-0.2, 0) is 0 Å². The SMILES string of the molecule is CCCCCCCCCCCCCCCCCCN(CCC1CCC[N+]1=O)C(=O)O. The molecule has 30 heavy (non-hydrogen) atoms. The number of unbranched alkanes of at least 4 members (excludes halogenated alkanes) is 15. The van der Waals surface area contributed by atoms with Gasteiger partial charge in [-0.25, -0.2) is 4.79 Å². The highest BCUT2D eigenvalue weighted by Crippen LogP contribution is 2.16. The van der Waals surface area contributed by atoms with Gasteiger partial charge in [0.05, 0.1) is 0 Å². The van der Waals surface area contributed by atoms with Gasteiger partial charge in [-0.2, -0.15) is 0 Å². The maximum Gasteiger partial charge on any atom is 0.407 e. The van der Waals surface area contributed by atoms with Crippen molar-refractivity contribution in [2.24, 2.45) is 0 Å². The van der Waals surface area contributed by atoms with Gasteiger partial charge in [-0.05, 0) is 6.42 Å². The fourth-order valence-corrected chi connectivity index (χ4v) is 4.56. The zero-order valence-corrected chi connectivity index (χ0v) is 19.8. The monoisotopic (exact) mass is 425 g/mol. The number of rotatable bonds is 20. The first-order chi connectivity index (χ1) is 14.6. The first kappa shape index (κ1) is 26.9. The molecule has 0 bridgehead atoms. The molecular formula is C25H49N2O3+. The molecule has 0 spiro atoms. The Hall–Kier alpha value is -1.13. The van der Waals surface area contributed by atoms with Crippen LogP contribution in [-0.4, -0.2) is 46.5 Å². The number of nitroso groups, excluding NO2 is 1. The summed E-state index contributed by atoms with van der Waals surface area (Å²) >= 11 is 0. The Labute approximate surface area is 185 Å². The predicted octanol–water partition coefficient (Wildman–Crippen LogP) is 7.56. The molecule has 1 saturated heterocycles. The summed E-state index contributed by atoms with van der Waals surface area (Å²) < 4.78 is 1.13. The number of hydrogen-bond acceptors (Lipinski definition) is 2. The van der Waals surface area contributed by atoms with Gasteiger partial charge in [-0.3, -0.25) is 0 Å². The van der Waals surface area contributed by atoms with Gasteiger partial charge in [0.25, 0.3) is 0 Å². The van der Waals surface area contributed by atoms with Crippen LogP contribution in [0.15, 0.2) is 0 Å². The van der Waals surface area contributed by atoms with Crippen molar-refractivity contribution in [2.75, 3.05) is 19.6 Å². The van der Waals surface area contributed by atoms with Crippen LogP contribution in [0.2, 0.25) is 0 Å². The molecule has 0 saturated carbocycles. The Balaban J connectivity index is 1.86. The highest BCUT2D eigenvalue weighted by Gasteiger charge is 2.32. The van der Waals surface area contributed by atoms with Gasteiger partial charge in [0.15, 0.2) is 6.54 Å². The minimum Gasteiger partial charge on any atom is -0.465 e. The Morgan fingerprint density at radius 1 is 0.800 bits per heavy atom. The first-order valence-electron chi connectivity index (χ1n) is 13.1. The van der Waals surface area contributed by atoms with Crippen LogP contribution in [0.25, 0.3) is 0 Å². The second-order valence-electron chi connectivity index (χ2n) is 9.30. The van der Waals surface area contributed by atoms with Crippen molar-refractivity contribution in [3.63, 3.8) is 0 Å². The molecule has 0 aromatic rings. The number of hydrogen-bond donors (Lipinski definition) is 1. The molecule has 0 radical (unpaired) electrons. The lowest BCUT2D eigenvalue weighted by atomic mass is 10.0. The third-order valence-electron chi connectivity index (χ3n) is 6.61. The second-order valence-corrected chi connectivity index (χ2v) is 9.30. The third-order valence-corrected chi connectivity index (χ3v) is 6.61. The molecule has 5 nitrogen and oxygen atoms in total. The van der Waals surface area contributed by atoms with E-state index in [4.69, 9.17) is 0 Å². The van der Waals surface area contributed by atoms with Crippen molar-refractivity contribution in [1.82, 2.24) is 4.90 Å². The molecule has 1 N–H and O–H groups in total. The van der Waals surface area contributed by atoms with E-state index in [1.807, 2.05) is 0 Å². The smallest absolute Gasteiger partial charge is 0.407 e. The molecule has 5 heteroatoms. The molecule has 1 heterocycles. The van der Waals surface area contributed by atoms with E-state index in [9.17, 15) is 14.8 Å². The number of nitrogens with zero attached hydrogens (tertiary/aromatic N) is 2. The topological polar surface area (TPSA) is 60.6 Å². The van der Waals surface area contributed by atoms with Crippen LogP contribution in [0, 0.1) is 4.91 Å². The van der Waals surface area contributed by atoms with Crippen molar-refractivity contribution in [2.45, 2.75) is 135 Å². The quantitative estimate of drug-likeness (QED) is 0.162. The average molecular weight is 426 g/mol. The van der Waals surface area contributed by atoms with Gasteiger partial charge in [0.1, 0.15) is 0 Å². The van der Waals surface area contributed by atoms with Gasteiger partial charge < -0.3 is 10.0 Å². The minimum atomic E-state index is -0.841. The molecule has 0 aromatic heterocycles. The molecule has 176 valence electrons. The lowest BCUT2D eigenvalue weighted by Crippen LogP contribution is -2.34. The van der Waals surface area contributed by atoms with Crippen LogP contribution in [0.3, 0.4) is 0 Å². The highest BCUT2D eigenvalue weighted by molar-refractivity contribution is 5.64. The van der Waals surface area contributed by atoms with Crippen LogP contribution < -0.4 is 0 Å². The van der Waals surface area contributed by atoms with Gasteiger partial charge >= 0.3 is 6.09 Å². The molecule has 1 atom stereocenters. The Morgan fingerprint density at radius 3 is 1.67 bits per heavy atom. The van der Waals surface area contributed by atoms with Gasteiger partial charge in [0, 0.05) is 42.0 Å². The van der Waals surface area contributed by atoms with E-state index >= 15 is 0 Å². The van der Waals surface area contributed by atoms with Gasteiger partial charge in [0.2, 0.25) is 6.04 Å². The Bertz CT molecular complexity index is 442. The largest absolute Gasteiger partial charge is 0.465 e. The van der Waals surface area contributed by atoms with E-state index in [0.29, 0.717) is 26.1 Å². The van der Waals surface area contributed by atoms with E-state index < -0.39 is 6.09 Å². The van der Waals surface area contributed by atoms with Crippen molar-refractivity contribution in [3.8, 4) is 0 Å². The zero-order chi connectivity index (χ0) is 21.9. The summed E-state index contributed by atoms with van der Waals surface area (Å²) in [7, 11) is 0. The molecule has 1 fully saturated rings. The lowest BCUT2D eigenvalue weighted by molar-refractivity contribution is -0.565. The molecular weight excluding hydrogens is 376 g/mol. The van der Waals surface area contributed by atoms with Crippen LogP contribution in [0.1, 0.15) is 129 Å². The van der Waals surface area contributed by atoms with Gasteiger partial charge in [-0.1, -0.05) is 103 Å². The van der Waals surface area contributed by atoms with Crippen molar-refractivity contribution < 1.29 is 14.7 Å². The van der Waals surface area contributed by atoms with E-state index in [1.165, 1.54) is 94.8 Å². The highest BCUT2D eigenvalue weighted by atomic mass is 16.4. The number of carbonyl (C=O) groups is 1. The fourth-order valence-electron chi connectivity index (χ4n) is 4.56. The maximum absolute atomic E-state index is 11.6. The number of carboxylic acid groups (broad SMARTS) is 1. The average Bonchev–Trinajstić information content (AvgIpc) is 3.14. The standard InChI is InChI=1S/C25H48N2O3/c1-2-3-4-5-6-7-8-9-10-11-12-13-14-15-16-17-21-26(25(28)29)23-20-24-19-18-22-27(24)30/h24H,2-23H2,1H3/p+1. The summed E-state index contributed by atoms with van der Waals surface area (Å²) in [6.45, 7) is 3.99. The summed E-state index contributed by atoms with van der Waals surface area (Å²) in [5, 5.41) is 9.37. The molecule has 1 aliphatic heterocycles. The second kappa shape index (κ2) is 18.6. The van der Waals surface area contributed by atoms with Crippen molar-refractivity contribution >= 4 is 6.09 Å². The molecule has 1 aliphatic rings. The molecule has 0 aromatic carbocycles. The van der Waals surface area contributed by atoms with Crippen molar-refractivity contribution in [3.05, 3.63) is 4.91 Å². The van der Waals surface area contributed by atoms with E-state index in [1.54, 1.807) is 0 Å². The lowest BCUT2D eigenvalue weighted by Gasteiger charge is -2.19. The summed E-state index contributed by atoms with van der Waals surface area (Å²) in [6, 6.07) is 0.0256. The normalized spacial score (nSPS) is 16.3. The zero-order valence-electron chi connectivity index (χ0n) is 19.8. The van der Waals surface area contributed by atoms with Gasteiger partial charge in [-0.15, -0.1) is 0 Å². The summed E-state index contributed by atoms with van der Waals surface area (Å²) in [6.07, 6.45) is 22.9. The predicted molar refractivity (Wildman–Crippen MR) is 125 cm³/mol. The minimum absolute atomic E-state index is 0.0256. The Morgan fingerprint density at radius 2 is 1.27 bits per heavy atom. The van der Waals surface area contributed by atoms with E-state index in [2.05, 4.69) is 6.92 Å². The Kier molecular flexibility index (Phi) is 16.7. The van der Waals surface area contributed by atoms with Crippen LogP contribution in [0.4, 0.5) is 4.79 Å². The fraction of sp³-hybridized carbons (Fsp3) is 0.960. The van der Waals surface area contributed by atoms with E-state index in [-0.39, 0.29) is 6.04 Å². The summed E-state index contributed by atoms with van der Waals surface area (Å²) in [4.78, 5) is 24.5. The number of amides is 1. The molecule has 1 unspecified atom stereocenters. The molecule has 1 rings (SSSR count). The molecule has 1 amide bonds. The molecule has 0 aliphatic carbocycles. The van der Waals surface area contributed by atoms with Crippen LogP contribution in [0.5, 0.6) is 0 Å². The third kappa shape index (κ3) is 14.0. The maximum atomic E-state index is 11.6. The first-order valence-corrected chi connectivity index (χ1v) is 13.1. The van der Waals surface area contributed by atoms with E-state index in [0.717, 1.165) is 30.4 Å². The van der Waals surface area contributed by atoms with Crippen molar-refractivity contribution in [1.29, 1.82) is 0 Å².